The van der Waals surface area contributed by atoms with Crippen LogP contribution in [0.3, 0.4) is 0 Å². The molecule has 2 heterocycles. The van der Waals surface area contributed by atoms with E-state index in [1.54, 1.807) is 6.20 Å². The van der Waals surface area contributed by atoms with Gasteiger partial charge in [0.05, 0.1) is 17.6 Å². The predicted octanol–water partition coefficient (Wildman–Crippen LogP) is 4.52. The van der Waals surface area contributed by atoms with Crippen LogP contribution in [-0.4, -0.2) is 52.6 Å². The van der Waals surface area contributed by atoms with Crippen molar-refractivity contribution >= 4 is 23.2 Å². The monoisotopic (exact) mass is 461 g/mol. The zero-order chi connectivity index (χ0) is 23.2. The second-order valence-corrected chi connectivity index (χ2v) is 8.80. The number of aryl methyl sites for hydroxylation is 2. The Labute approximate surface area is 199 Å². The van der Waals surface area contributed by atoms with Crippen LogP contribution in [0.25, 0.3) is 16.9 Å². The van der Waals surface area contributed by atoms with Crippen LogP contribution in [-0.2, 0) is 12.8 Å². The van der Waals surface area contributed by atoms with E-state index in [1.165, 1.54) is 5.56 Å². The second-order valence-electron chi connectivity index (χ2n) is 8.36. The van der Waals surface area contributed by atoms with Crippen LogP contribution in [0.2, 0.25) is 5.02 Å². The zero-order valence-electron chi connectivity index (χ0n) is 19.0. The largest absolute Gasteiger partial charge is 0.351 e. The number of likely N-dealkylation sites (N-methyl/N-ethyl adjacent to an activating group) is 1. The van der Waals surface area contributed by atoms with Crippen LogP contribution in [0.5, 0.6) is 0 Å². The summed E-state index contributed by atoms with van der Waals surface area (Å²) in [6, 6.07) is 19.6. The number of benzene rings is 2. The summed E-state index contributed by atoms with van der Waals surface area (Å²) in [6.45, 7) is 1.40. The molecule has 2 aromatic heterocycles. The van der Waals surface area contributed by atoms with E-state index in [4.69, 9.17) is 16.7 Å². The molecule has 7 heteroatoms. The van der Waals surface area contributed by atoms with Gasteiger partial charge >= 0.3 is 0 Å². The maximum absolute atomic E-state index is 12.5. The van der Waals surface area contributed by atoms with Crippen molar-refractivity contribution in [1.82, 2.24) is 24.8 Å². The van der Waals surface area contributed by atoms with Crippen LogP contribution < -0.4 is 5.32 Å². The highest BCUT2D eigenvalue weighted by atomic mass is 35.5. The molecule has 0 radical (unpaired) electrons. The first-order valence-corrected chi connectivity index (χ1v) is 11.5. The molecular formula is C26H28ClN5O. The van der Waals surface area contributed by atoms with Crippen LogP contribution in [0.4, 0.5) is 0 Å². The van der Waals surface area contributed by atoms with Gasteiger partial charge in [0.25, 0.3) is 5.91 Å². The minimum atomic E-state index is -0.0813. The maximum Gasteiger partial charge on any atom is 0.251 e. The number of hydrogen-bond acceptors (Lipinski definition) is 4. The van der Waals surface area contributed by atoms with Gasteiger partial charge < -0.3 is 10.2 Å². The van der Waals surface area contributed by atoms with Gasteiger partial charge in [0.1, 0.15) is 0 Å². The van der Waals surface area contributed by atoms with Crippen molar-refractivity contribution < 1.29 is 4.79 Å². The molecule has 2 aromatic carbocycles. The third-order valence-electron chi connectivity index (χ3n) is 5.47. The Hall–Kier alpha value is -3.22. The van der Waals surface area contributed by atoms with E-state index >= 15 is 0 Å². The molecule has 0 aliphatic rings. The van der Waals surface area contributed by atoms with Gasteiger partial charge in [-0.3, -0.25) is 4.79 Å². The van der Waals surface area contributed by atoms with Gasteiger partial charge in [-0.25, -0.2) is 9.50 Å². The van der Waals surface area contributed by atoms with Crippen molar-refractivity contribution in [1.29, 1.82) is 0 Å². The summed E-state index contributed by atoms with van der Waals surface area (Å²) >= 11 is 6.09. The van der Waals surface area contributed by atoms with Crippen molar-refractivity contribution in [3.8, 4) is 11.3 Å². The van der Waals surface area contributed by atoms with E-state index in [9.17, 15) is 4.79 Å². The summed E-state index contributed by atoms with van der Waals surface area (Å²) in [7, 11) is 3.96. The molecule has 1 N–H and O–H groups in total. The van der Waals surface area contributed by atoms with Crippen molar-refractivity contribution in [2.24, 2.45) is 0 Å². The molecule has 0 bridgehead atoms. The summed E-state index contributed by atoms with van der Waals surface area (Å²) in [5.74, 6) is -0.0813. The molecule has 33 heavy (non-hydrogen) atoms. The van der Waals surface area contributed by atoms with Crippen LogP contribution in [0.15, 0.2) is 66.9 Å². The smallest absolute Gasteiger partial charge is 0.251 e. The first-order chi connectivity index (χ1) is 16.0. The second kappa shape index (κ2) is 10.6. The number of amides is 1. The molecule has 0 saturated heterocycles. The third kappa shape index (κ3) is 5.97. The molecule has 170 valence electrons. The van der Waals surface area contributed by atoms with Crippen molar-refractivity contribution in [3.63, 3.8) is 0 Å². The summed E-state index contributed by atoms with van der Waals surface area (Å²) in [4.78, 5) is 19.1. The molecule has 4 rings (SSSR count). The molecule has 1 amide bonds. The van der Waals surface area contributed by atoms with Gasteiger partial charge in [0.2, 0.25) is 0 Å². The lowest BCUT2D eigenvalue weighted by Gasteiger charge is -2.11. The lowest BCUT2D eigenvalue weighted by atomic mass is 10.1. The Balaban J connectivity index is 1.48. The fourth-order valence-electron chi connectivity index (χ4n) is 3.72. The van der Waals surface area contributed by atoms with Crippen molar-refractivity contribution in [3.05, 3.63) is 88.7 Å². The highest BCUT2D eigenvalue weighted by molar-refractivity contribution is 6.30. The minimum absolute atomic E-state index is 0.0813. The zero-order valence-corrected chi connectivity index (χ0v) is 19.7. The Morgan fingerprint density at radius 3 is 2.73 bits per heavy atom. The van der Waals surface area contributed by atoms with E-state index in [0.717, 1.165) is 53.4 Å². The average molecular weight is 462 g/mol. The minimum Gasteiger partial charge on any atom is -0.351 e. The van der Waals surface area contributed by atoms with Gasteiger partial charge in [-0.2, -0.15) is 5.10 Å². The fourth-order valence-corrected chi connectivity index (χ4v) is 3.94. The number of nitrogens with zero attached hydrogens (tertiary/aromatic N) is 4. The molecule has 0 unspecified atom stereocenters. The van der Waals surface area contributed by atoms with Gasteiger partial charge in [-0.15, -0.1) is 0 Å². The van der Waals surface area contributed by atoms with Crippen LogP contribution in [0.1, 0.15) is 28.0 Å². The molecule has 0 spiro atoms. The van der Waals surface area contributed by atoms with Crippen LogP contribution in [0, 0.1) is 0 Å². The van der Waals surface area contributed by atoms with Crippen molar-refractivity contribution in [2.45, 2.75) is 19.3 Å². The summed E-state index contributed by atoms with van der Waals surface area (Å²) in [6.07, 6.45) is 4.59. The molecule has 0 atom stereocenters. The average Bonchev–Trinajstić information content (AvgIpc) is 3.22. The standard InChI is InChI=1S/C26H28ClN5O/c1-31(2)15-14-28-26(33)21-9-5-8-20(17-21)24-18-29-25-13-12-23(30-32(24)25)11-4-7-19-6-3-10-22(27)16-19/h3,5-6,8-10,12-13,16-18H,4,7,11,14-15H2,1-2H3,(H,28,33). The number of aromatic nitrogens is 3. The van der Waals surface area contributed by atoms with Crippen LogP contribution >= 0.6 is 11.6 Å². The Morgan fingerprint density at radius 2 is 1.91 bits per heavy atom. The normalized spacial score (nSPS) is 11.3. The Kier molecular flexibility index (Phi) is 7.37. The highest BCUT2D eigenvalue weighted by Crippen LogP contribution is 2.22. The first kappa shape index (κ1) is 23.0. The molecule has 0 saturated carbocycles. The Morgan fingerprint density at radius 1 is 1.06 bits per heavy atom. The van der Waals surface area contributed by atoms with E-state index in [-0.39, 0.29) is 5.91 Å². The van der Waals surface area contributed by atoms with E-state index < -0.39 is 0 Å². The number of rotatable bonds is 9. The van der Waals surface area contributed by atoms with Gasteiger partial charge in [-0.05, 0) is 75.3 Å². The van der Waals surface area contributed by atoms with Crippen molar-refractivity contribution in [2.75, 3.05) is 27.2 Å². The summed E-state index contributed by atoms with van der Waals surface area (Å²) < 4.78 is 1.86. The van der Waals surface area contributed by atoms with E-state index in [1.807, 2.05) is 78.1 Å². The molecule has 6 nitrogen and oxygen atoms in total. The van der Waals surface area contributed by atoms with E-state index in [0.29, 0.717) is 12.1 Å². The molecule has 0 aliphatic heterocycles. The van der Waals surface area contributed by atoms with E-state index in [2.05, 4.69) is 16.4 Å². The Bertz CT molecular complexity index is 1250. The topological polar surface area (TPSA) is 62.5 Å². The predicted molar refractivity (Wildman–Crippen MR) is 133 cm³/mol. The number of imidazole rings is 1. The number of hydrogen-bond donors (Lipinski definition) is 1. The number of carbonyl (C=O) groups is 1. The molecule has 0 fully saturated rings. The quantitative estimate of drug-likeness (QED) is 0.398. The lowest BCUT2D eigenvalue weighted by molar-refractivity contribution is 0.0951. The fraction of sp³-hybridized carbons (Fsp3) is 0.269. The third-order valence-corrected chi connectivity index (χ3v) is 5.71. The molecule has 4 aromatic rings. The number of fused-ring (bicyclic) bond motifs is 1. The number of halogens is 1. The molecular weight excluding hydrogens is 434 g/mol. The van der Waals surface area contributed by atoms with Gasteiger partial charge in [-0.1, -0.05) is 35.9 Å². The van der Waals surface area contributed by atoms with Gasteiger partial charge in [0, 0.05) is 29.2 Å². The SMILES string of the molecule is CN(C)CCNC(=O)c1cccc(-c2cnc3ccc(CCCc4cccc(Cl)c4)nn23)c1. The summed E-state index contributed by atoms with van der Waals surface area (Å²) in [5.41, 5.74) is 5.41. The summed E-state index contributed by atoms with van der Waals surface area (Å²) in [5, 5.41) is 8.56. The maximum atomic E-state index is 12.5. The molecule has 0 aliphatic carbocycles. The highest BCUT2D eigenvalue weighted by Gasteiger charge is 2.11. The lowest BCUT2D eigenvalue weighted by Crippen LogP contribution is -2.31. The number of carbonyl (C=O) groups excluding carboxylic acids is 1. The first-order valence-electron chi connectivity index (χ1n) is 11.1. The number of nitrogens with one attached hydrogen (secondary N) is 1. The van der Waals surface area contributed by atoms with Gasteiger partial charge in [0.15, 0.2) is 5.65 Å².